The zero-order chi connectivity index (χ0) is 8.24. The highest BCUT2D eigenvalue weighted by Crippen LogP contribution is 1.78. The van der Waals surface area contributed by atoms with Crippen LogP contribution >= 0.6 is 0 Å². The molecule has 0 atom stereocenters. The van der Waals surface area contributed by atoms with Crippen LogP contribution in [0.4, 0.5) is 0 Å². The van der Waals surface area contributed by atoms with Crippen molar-refractivity contribution in [2.75, 3.05) is 0 Å². The summed E-state index contributed by atoms with van der Waals surface area (Å²) in [6.07, 6.45) is 6.95. The second-order valence-electron chi connectivity index (χ2n) is 1.32. The van der Waals surface area contributed by atoms with E-state index in [4.69, 9.17) is 10.5 Å². The highest BCUT2D eigenvalue weighted by Gasteiger charge is 1.57. The highest BCUT2D eigenvalue weighted by atomic mass is 14.3. The van der Waals surface area contributed by atoms with Gasteiger partial charge in [0.05, 0.1) is 0 Å². The number of nitriles is 2. The van der Waals surface area contributed by atoms with Crippen molar-refractivity contribution in [1.82, 2.24) is 0 Å². The quantitative estimate of drug-likeness (QED) is 0.543. The van der Waals surface area contributed by atoms with Gasteiger partial charge in [0.15, 0.2) is 12.1 Å². The van der Waals surface area contributed by atoms with E-state index < -0.39 is 0 Å². The SMILES string of the molecule is C=CCC=CC.N#CC#N. The van der Waals surface area contributed by atoms with Crippen molar-refractivity contribution in [3.8, 4) is 12.1 Å². The summed E-state index contributed by atoms with van der Waals surface area (Å²) in [6, 6.07) is 2.47. The van der Waals surface area contributed by atoms with E-state index in [1.165, 1.54) is 12.1 Å². The van der Waals surface area contributed by atoms with Crippen LogP contribution in [0, 0.1) is 22.7 Å². The summed E-state index contributed by atoms with van der Waals surface area (Å²) in [5.74, 6) is 0. The fraction of sp³-hybridized carbons (Fsp3) is 0.250. The molecule has 0 spiro atoms. The van der Waals surface area contributed by atoms with Gasteiger partial charge in [-0.1, -0.05) is 18.2 Å². The molecule has 0 rings (SSSR count). The molecule has 10 heavy (non-hydrogen) atoms. The predicted molar refractivity (Wildman–Crippen MR) is 40.9 cm³/mol. The smallest absolute Gasteiger partial charge is 0.181 e. The second-order valence-corrected chi connectivity index (χ2v) is 1.32. The van der Waals surface area contributed by atoms with E-state index in [0.29, 0.717) is 0 Å². The first-order valence-corrected chi connectivity index (χ1v) is 2.83. The average molecular weight is 134 g/mol. The molecule has 0 aliphatic rings. The van der Waals surface area contributed by atoms with Crippen molar-refractivity contribution in [2.24, 2.45) is 0 Å². The molecule has 2 heteroatoms. The average Bonchev–Trinajstić information content (AvgIpc) is 2.01. The second kappa shape index (κ2) is 15.7. The molecule has 0 heterocycles. The van der Waals surface area contributed by atoms with Crippen molar-refractivity contribution in [1.29, 1.82) is 10.5 Å². The van der Waals surface area contributed by atoms with Gasteiger partial charge in [0, 0.05) is 0 Å². The summed E-state index contributed by atoms with van der Waals surface area (Å²) < 4.78 is 0. The zero-order valence-electron chi connectivity index (χ0n) is 6.04. The lowest BCUT2D eigenvalue weighted by Gasteiger charge is -1.69. The van der Waals surface area contributed by atoms with Gasteiger partial charge in [-0.3, -0.25) is 0 Å². The minimum Gasteiger partial charge on any atom is -0.181 e. The Kier molecular flexibility index (Phi) is 17.7. The van der Waals surface area contributed by atoms with E-state index in [1.807, 2.05) is 19.1 Å². The maximum Gasteiger partial charge on any atom is 0.181 e. The van der Waals surface area contributed by atoms with Crippen LogP contribution in [0.1, 0.15) is 13.3 Å². The van der Waals surface area contributed by atoms with Crippen molar-refractivity contribution in [3.05, 3.63) is 24.8 Å². The molecule has 0 aromatic heterocycles. The third-order valence-corrected chi connectivity index (χ3v) is 0.588. The Balaban J connectivity index is 0. The third kappa shape index (κ3) is 31.8. The molecule has 0 aromatic carbocycles. The Morgan fingerprint density at radius 1 is 1.40 bits per heavy atom. The van der Waals surface area contributed by atoms with E-state index in [1.54, 1.807) is 0 Å². The highest BCUT2D eigenvalue weighted by molar-refractivity contribution is 4.99. The third-order valence-electron chi connectivity index (χ3n) is 0.588. The monoisotopic (exact) mass is 134 g/mol. The molecular weight excluding hydrogens is 124 g/mol. The Labute approximate surface area is 61.7 Å². The number of rotatable bonds is 2. The number of hydrogen-bond donors (Lipinski definition) is 0. The van der Waals surface area contributed by atoms with Crippen molar-refractivity contribution in [2.45, 2.75) is 13.3 Å². The van der Waals surface area contributed by atoms with E-state index >= 15 is 0 Å². The summed E-state index contributed by atoms with van der Waals surface area (Å²) in [5.41, 5.74) is 0. The maximum absolute atomic E-state index is 7.26. The molecule has 52 valence electrons. The van der Waals surface area contributed by atoms with E-state index in [-0.39, 0.29) is 0 Å². The summed E-state index contributed by atoms with van der Waals surface area (Å²) in [7, 11) is 0. The summed E-state index contributed by atoms with van der Waals surface area (Å²) >= 11 is 0. The molecule has 0 saturated carbocycles. The lowest BCUT2D eigenvalue weighted by Crippen LogP contribution is -1.48. The molecule has 0 N–H and O–H groups in total. The largest absolute Gasteiger partial charge is 0.181 e. The van der Waals surface area contributed by atoms with Crippen LogP contribution in [0.5, 0.6) is 0 Å². The predicted octanol–water partition coefficient (Wildman–Crippen LogP) is 2.17. The van der Waals surface area contributed by atoms with Crippen molar-refractivity contribution in [3.63, 3.8) is 0 Å². The van der Waals surface area contributed by atoms with Gasteiger partial charge >= 0.3 is 0 Å². The van der Waals surface area contributed by atoms with Crippen molar-refractivity contribution < 1.29 is 0 Å². The molecule has 0 saturated heterocycles. The lowest BCUT2D eigenvalue weighted by atomic mass is 10.4. The molecule has 2 nitrogen and oxygen atoms in total. The van der Waals surface area contributed by atoms with Crippen LogP contribution < -0.4 is 0 Å². The molecular formula is C8H10N2. The fourth-order valence-electron chi connectivity index (χ4n) is 0.232. The fourth-order valence-corrected chi connectivity index (χ4v) is 0.232. The van der Waals surface area contributed by atoms with Gasteiger partial charge in [-0.2, -0.15) is 10.5 Å². The van der Waals surface area contributed by atoms with Gasteiger partial charge in [0.1, 0.15) is 0 Å². The zero-order valence-corrected chi connectivity index (χ0v) is 6.04. The number of hydrogen-bond acceptors (Lipinski definition) is 2. The molecule has 0 aliphatic heterocycles. The van der Waals surface area contributed by atoms with Crippen LogP contribution in [0.2, 0.25) is 0 Å². The summed E-state index contributed by atoms with van der Waals surface area (Å²) in [6.45, 7) is 5.55. The van der Waals surface area contributed by atoms with Gasteiger partial charge in [0.2, 0.25) is 0 Å². The first kappa shape index (κ1) is 11.3. The van der Waals surface area contributed by atoms with Crippen LogP contribution in [0.25, 0.3) is 0 Å². The molecule has 0 radical (unpaired) electrons. The molecule has 0 bridgehead atoms. The summed E-state index contributed by atoms with van der Waals surface area (Å²) in [4.78, 5) is 0. The van der Waals surface area contributed by atoms with Crippen LogP contribution in [-0.2, 0) is 0 Å². The standard InChI is InChI=1S/C6H10.C2N2/c1-3-5-6-4-2;3-1-2-4/h3-4,6H,1,5H2,2H3;. The minimum atomic E-state index is 0.997. The molecule has 0 amide bonds. The van der Waals surface area contributed by atoms with E-state index in [2.05, 4.69) is 12.7 Å². The first-order chi connectivity index (χ1) is 4.83. The Morgan fingerprint density at radius 2 is 1.90 bits per heavy atom. The molecule has 0 fully saturated rings. The Hall–Kier alpha value is -1.54. The maximum atomic E-state index is 7.26. The first-order valence-electron chi connectivity index (χ1n) is 2.83. The summed E-state index contributed by atoms with van der Waals surface area (Å²) in [5, 5.41) is 14.5. The normalized spacial score (nSPS) is 6.70. The molecule has 0 aromatic rings. The van der Waals surface area contributed by atoms with Crippen LogP contribution in [0.15, 0.2) is 24.8 Å². The Morgan fingerprint density at radius 3 is 2.00 bits per heavy atom. The van der Waals surface area contributed by atoms with Gasteiger partial charge in [-0.05, 0) is 13.3 Å². The van der Waals surface area contributed by atoms with E-state index in [9.17, 15) is 0 Å². The van der Waals surface area contributed by atoms with Crippen LogP contribution in [-0.4, -0.2) is 0 Å². The van der Waals surface area contributed by atoms with Crippen LogP contribution in [0.3, 0.4) is 0 Å². The topological polar surface area (TPSA) is 47.6 Å². The minimum absolute atomic E-state index is 0.997. The lowest BCUT2D eigenvalue weighted by molar-refractivity contribution is 1.39. The Bertz CT molecular complexity index is 155. The van der Waals surface area contributed by atoms with Gasteiger partial charge < -0.3 is 0 Å². The molecule has 0 aliphatic carbocycles. The van der Waals surface area contributed by atoms with Gasteiger partial charge in [0.25, 0.3) is 0 Å². The number of allylic oxidation sites excluding steroid dienone is 3. The van der Waals surface area contributed by atoms with Gasteiger partial charge in [-0.15, -0.1) is 6.58 Å². The molecule has 0 unspecified atom stereocenters. The van der Waals surface area contributed by atoms with Crippen molar-refractivity contribution >= 4 is 0 Å². The van der Waals surface area contributed by atoms with E-state index in [0.717, 1.165) is 6.42 Å². The number of nitrogens with zero attached hydrogens (tertiary/aromatic N) is 2. The van der Waals surface area contributed by atoms with Gasteiger partial charge in [-0.25, -0.2) is 0 Å².